The third-order valence-corrected chi connectivity index (χ3v) is 3.03. The van der Waals surface area contributed by atoms with Gasteiger partial charge in [-0.15, -0.1) is 0 Å². The van der Waals surface area contributed by atoms with Crippen LogP contribution in [0.4, 0.5) is 10.1 Å². The number of nitrogens with one attached hydrogen (secondary N) is 1. The molecule has 0 radical (unpaired) electrons. The van der Waals surface area contributed by atoms with Crippen LogP contribution in [-0.2, 0) is 4.79 Å². The van der Waals surface area contributed by atoms with Gasteiger partial charge in [0.15, 0.2) is 0 Å². The molecule has 0 fully saturated rings. The number of carboxylic acid groups (broad SMARTS) is 1. The summed E-state index contributed by atoms with van der Waals surface area (Å²) in [6.45, 7) is 3.55. The lowest BCUT2D eigenvalue weighted by Gasteiger charge is -2.20. The molecular formula is C13H17FN2O3. The maximum atomic E-state index is 13.2. The zero-order valence-corrected chi connectivity index (χ0v) is 10.8. The predicted molar refractivity (Wildman–Crippen MR) is 69.2 cm³/mol. The van der Waals surface area contributed by atoms with Gasteiger partial charge in [-0.3, -0.25) is 4.79 Å². The number of aliphatic carboxylic acids is 1. The van der Waals surface area contributed by atoms with Crippen molar-refractivity contribution in [3.8, 4) is 0 Å². The molecule has 19 heavy (non-hydrogen) atoms. The Balaban J connectivity index is 2.87. The highest BCUT2D eigenvalue weighted by Crippen LogP contribution is 2.13. The third-order valence-electron chi connectivity index (χ3n) is 3.03. The number of amides is 1. The quantitative estimate of drug-likeness (QED) is 0.708. The smallest absolute Gasteiger partial charge is 0.326 e. The number of benzene rings is 1. The number of carboxylic acids is 1. The second-order valence-corrected chi connectivity index (χ2v) is 4.41. The summed E-state index contributed by atoms with van der Waals surface area (Å²) in [7, 11) is 0. The predicted octanol–water partition coefficient (Wildman–Crippen LogP) is 1.64. The molecule has 1 amide bonds. The number of anilines is 1. The molecule has 0 saturated carbocycles. The van der Waals surface area contributed by atoms with E-state index >= 15 is 0 Å². The van der Waals surface area contributed by atoms with Gasteiger partial charge >= 0.3 is 5.97 Å². The van der Waals surface area contributed by atoms with E-state index in [4.69, 9.17) is 10.8 Å². The molecule has 6 heteroatoms. The van der Waals surface area contributed by atoms with Gasteiger partial charge in [-0.1, -0.05) is 20.3 Å². The molecule has 0 unspecified atom stereocenters. The molecule has 5 nitrogen and oxygen atoms in total. The van der Waals surface area contributed by atoms with Gasteiger partial charge in [-0.2, -0.15) is 0 Å². The Bertz CT molecular complexity index is 491. The summed E-state index contributed by atoms with van der Waals surface area (Å²) < 4.78 is 13.2. The Morgan fingerprint density at radius 1 is 1.47 bits per heavy atom. The van der Waals surface area contributed by atoms with Gasteiger partial charge < -0.3 is 16.2 Å². The highest BCUT2D eigenvalue weighted by molar-refractivity contribution is 5.96. The van der Waals surface area contributed by atoms with Crippen molar-refractivity contribution < 1.29 is 19.1 Å². The molecule has 0 spiro atoms. The summed E-state index contributed by atoms with van der Waals surface area (Å²) >= 11 is 0. The van der Waals surface area contributed by atoms with Crippen LogP contribution >= 0.6 is 0 Å². The van der Waals surface area contributed by atoms with Crippen molar-refractivity contribution in [3.63, 3.8) is 0 Å². The van der Waals surface area contributed by atoms with E-state index in [1.807, 2.05) is 6.92 Å². The van der Waals surface area contributed by atoms with Crippen molar-refractivity contribution in [2.45, 2.75) is 26.3 Å². The molecule has 0 aromatic heterocycles. The lowest BCUT2D eigenvalue weighted by molar-refractivity contribution is -0.140. The Hall–Kier alpha value is -2.11. The standard InChI is InChI=1S/C13H17FN2O3/c1-3-7(2)11(13(18)19)16-12(17)8-4-5-10(15)9(14)6-8/h4-7,11H,3,15H2,1-2H3,(H,16,17)(H,18,19)/t7-,11-/m0/s1. The van der Waals surface area contributed by atoms with Crippen molar-refractivity contribution in [3.05, 3.63) is 29.6 Å². The van der Waals surface area contributed by atoms with Crippen molar-refractivity contribution in [2.75, 3.05) is 5.73 Å². The van der Waals surface area contributed by atoms with E-state index in [1.165, 1.54) is 12.1 Å². The van der Waals surface area contributed by atoms with E-state index in [0.29, 0.717) is 6.42 Å². The third kappa shape index (κ3) is 3.67. The van der Waals surface area contributed by atoms with E-state index in [2.05, 4.69) is 5.32 Å². The van der Waals surface area contributed by atoms with Crippen LogP contribution in [0.1, 0.15) is 30.6 Å². The average molecular weight is 268 g/mol. The molecule has 1 aromatic rings. The summed E-state index contributed by atoms with van der Waals surface area (Å²) in [6, 6.07) is 2.60. The molecule has 1 aromatic carbocycles. The van der Waals surface area contributed by atoms with Gasteiger partial charge in [0.25, 0.3) is 5.91 Å². The topological polar surface area (TPSA) is 92.4 Å². The van der Waals surface area contributed by atoms with E-state index < -0.39 is 23.7 Å². The molecule has 0 aliphatic heterocycles. The monoisotopic (exact) mass is 268 g/mol. The summed E-state index contributed by atoms with van der Waals surface area (Å²) in [5.74, 6) is -2.67. The molecule has 2 atom stereocenters. The number of nitrogens with two attached hydrogens (primary N) is 1. The minimum absolute atomic E-state index is 0.0428. The minimum Gasteiger partial charge on any atom is -0.480 e. The zero-order chi connectivity index (χ0) is 14.6. The Labute approximate surface area is 110 Å². The van der Waals surface area contributed by atoms with E-state index in [0.717, 1.165) is 6.07 Å². The van der Waals surface area contributed by atoms with Crippen LogP contribution in [0.25, 0.3) is 0 Å². The van der Waals surface area contributed by atoms with Crippen LogP contribution in [0, 0.1) is 11.7 Å². The highest BCUT2D eigenvalue weighted by atomic mass is 19.1. The largest absolute Gasteiger partial charge is 0.480 e. The van der Waals surface area contributed by atoms with Gasteiger partial charge in [-0.05, 0) is 24.1 Å². The second-order valence-electron chi connectivity index (χ2n) is 4.41. The summed E-state index contributed by atoms with van der Waals surface area (Å²) in [5.41, 5.74) is 5.29. The molecule has 104 valence electrons. The number of carbonyl (C=O) groups excluding carboxylic acids is 1. The first kappa shape index (κ1) is 14.9. The molecule has 0 saturated heterocycles. The van der Waals surface area contributed by atoms with Crippen LogP contribution in [-0.4, -0.2) is 23.0 Å². The highest BCUT2D eigenvalue weighted by Gasteiger charge is 2.25. The average Bonchev–Trinajstić information content (AvgIpc) is 2.37. The minimum atomic E-state index is -1.11. The van der Waals surface area contributed by atoms with Gasteiger partial charge in [-0.25, -0.2) is 9.18 Å². The van der Waals surface area contributed by atoms with Crippen molar-refractivity contribution in [2.24, 2.45) is 5.92 Å². The van der Waals surface area contributed by atoms with E-state index in [9.17, 15) is 14.0 Å². The van der Waals surface area contributed by atoms with Crippen molar-refractivity contribution in [1.29, 1.82) is 0 Å². The van der Waals surface area contributed by atoms with E-state index in [-0.39, 0.29) is 17.2 Å². The molecule has 0 aliphatic rings. The van der Waals surface area contributed by atoms with Gasteiger partial charge in [0.05, 0.1) is 5.69 Å². The lowest BCUT2D eigenvalue weighted by Crippen LogP contribution is -2.45. The second kappa shape index (κ2) is 6.17. The maximum Gasteiger partial charge on any atom is 0.326 e. The molecule has 0 heterocycles. The fourth-order valence-electron chi connectivity index (χ4n) is 1.58. The van der Waals surface area contributed by atoms with Gasteiger partial charge in [0, 0.05) is 5.56 Å². The Morgan fingerprint density at radius 3 is 2.58 bits per heavy atom. The lowest BCUT2D eigenvalue weighted by atomic mass is 9.99. The number of carbonyl (C=O) groups is 2. The fraction of sp³-hybridized carbons (Fsp3) is 0.385. The van der Waals surface area contributed by atoms with Crippen LogP contribution in [0.3, 0.4) is 0 Å². The zero-order valence-electron chi connectivity index (χ0n) is 10.8. The molecule has 4 N–H and O–H groups in total. The number of hydrogen-bond donors (Lipinski definition) is 3. The summed E-state index contributed by atoms with van der Waals surface area (Å²) in [6.07, 6.45) is 0.605. The first-order valence-electron chi connectivity index (χ1n) is 5.95. The Morgan fingerprint density at radius 2 is 2.11 bits per heavy atom. The molecule has 0 aliphatic carbocycles. The number of hydrogen-bond acceptors (Lipinski definition) is 3. The van der Waals surface area contributed by atoms with Gasteiger partial charge in [0.2, 0.25) is 0 Å². The molecule has 0 bridgehead atoms. The Kier molecular flexibility index (Phi) is 4.86. The maximum absolute atomic E-state index is 13.2. The fourth-order valence-corrected chi connectivity index (χ4v) is 1.58. The number of nitrogen functional groups attached to an aromatic ring is 1. The van der Waals surface area contributed by atoms with Crippen LogP contribution < -0.4 is 11.1 Å². The van der Waals surface area contributed by atoms with Gasteiger partial charge in [0.1, 0.15) is 11.9 Å². The van der Waals surface area contributed by atoms with E-state index in [1.54, 1.807) is 6.92 Å². The SMILES string of the molecule is CC[C@H](C)[C@H](NC(=O)c1ccc(N)c(F)c1)C(=O)O. The summed E-state index contributed by atoms with van der Waals surface area (Å²) in [5, 5.41) is 11.4. The van der Waals surface area contributed by atoms with Crippen LogP contribution in [0.15, 0.2) is 18.2 Å². The first-order valence-corrected chi connectivity index (χ1v) is 5.95. The van der Waals surface area contributed by atoms with Crippen LogP contribution in [0.2, 0.25) is 0 Å². The number of halogens is 1. The van der Waals surface area contributed by atoms with Crippen molar-refractivity contribution in [1.82, 2.24) is 5.32 Å². The van der Waals surface area contributed by atoms with Crippen LogP contribution in [0.5, 0.6) is 0 Å². The summed E-state index contributed by atoms with van der Waals surface area (Å²) in [4.78, 5) is 22.9. The first-order chi connectivity index (χ1) is 8.86. The van der Waals surface area contributed by atoms with Crippen molar-refractivity contribution >= 4 is 17.6 Å². The molecular weight excluding hydrogens is 251 g/mol. The molecule has 1 rings (SSSR count). The number of rotatable bonds is 5. The normalized spacial score (nSPS) is 13.6.